The van der Waals surface area contributed by atoms with E-state index in [9.17, 15) is 76.0 Å². The van der Waals surface area contributed by atoms with Gasteiger partial charge in [0.05, 0.1) is 47.7 Å². The van der Waals surface area contributed by atoms with Gasteiger partial charge in [0, 0.05) is 61.2 Å². The predicted octanol–water partition coefficient (Wildman–Crippen LogP) is -0.170. The summed E-state index contributed by atoms with van der Waals surface area (Å²) >= 11 is 13.7. The first-order chi connectivity index (χ1) is 60.1. The van der Waals surface area contributed by atoms with Crippen molar-refractivity contribution in [3.05, 3.63) is 182 Å². The topological polar surface area (TPSA) is 634 Å². The maximum atomic E-state index is 16.9. The highest BCUT2D eigenvalue weighted by atomic mass is 35.5. The molecule has 0 aromatic heterocycles. The Morgan fingerprint density at radius 3 is 1.86 bits per heavy atom. The fourth-order valence-corrected chi connectivity index (χ4v) is 16.5. The Balaban J connectivity index is 1.01. The molecule has 25 N–H and O–H groups in total. The number of aliphatic carboxylic acids is 1. The van der Waals surface area contributed by atoms with Gasteiger partial charge in [-0.1, -0.05) is 83.9 Å². The molecule has 7 aromatic carbocycles. The Hall–Kier alpha value is -10.8. The van der Waals surface area contributed by atoms with Crippen LogP contribution in [0.15, 0.2) is 133 Å². The number of aliphatic hydroxyl groups excluding tert-OH is 9. The average molecular weight is 1800 g/mol. The minimum absolute atomic E-state index is 0.0252. The Labute approximate surface area is 726 Å². The number of phenols is 3. The average Bonchev–Trinajstić information content (AvgIpc) is 0.789. The minimum atomic E-state index is -2.43. The quantitative estimate of drug-likeness (QED) is 0.0563. The molecule has 674 valence electrons. The summed E-state index contributed by atoms with van der Waals surface area (Å²) in [5, 5.41) is 162. The molecule has 9 unspecified atom stereocenters. The van der Waals surface area contributed by atoms with E-state index in [0.717, 1.165) is 48.5 Å². The first-order valence-electron chi connectivity index (χ1n) is 39.8. The zero-order chi connectivity index (χ0) is 90.3. The molecule has 6 amide bonds. The number of aromatic hydroxyl groups is 3. The Morgan fingerprint density at radius 1 is 0.563 bits per heavy atom. The van der Waals surface area contributed by atoms with Gasteiger partial charge in [-0.15, -0.1) is 0 Å². The Kier molecular flexibility index (Phi) is 27.9. The standard InChI is InChI=1S/C84H93Cl2N9O31/c1-31-65(101)45(87)27-56(117-31)125-75-70(106)68(104)55(30-97)123-84(75)126-74-52-23-38-24-53(74)120-50-18-13-37(22-44(50)86)73(124-57-28-46(88)72(116-3)32(2)118-57)64-81(113)93-62(82(114)115)42-25-39(98)26-51(121-83-71(107)69(105)67(103)54(29-96)122-83)58(42)41-20-36(12-16-48(41)99)60(78(110)95-64)92-79(111)61(38)91-76(108)47(19-33-7-5-4-6-8-33)90-80(112)63(66(102)34-9-14-40(119-52)15-10-34)94-77(109)59(89)35-11-17-49(100)43(85)21-35/h4-18,20-26,31-32,45-47,54-57,59-73,75,83-84,96-107H,19,27-30,87-89H2,1-3H3,(H,90,112)(H,91,108)(H,92,111)(H,93,113)(H,94,109)(H,95,110)(H,114,115)/t31-,32-,45+,46+,47?,54+,55-,56+,57+,59?,60?,61?,62?,63?,64?,65+,66?,67-,68-,69+,70+,71+,72+,73?,75-,83+,84-/m1/s1. The van der Waals surface area contributed by atoms with Crippen molar-refractivity contribution in [2.45, 2.75) is 198 Å². The van der Waals surface area contributed by atoms with Crippen LogP contribution in [0.2, 0.25) is 10.0 Å². The molecule has 40 nitrogen and oxygen atoms in total. The van der Waals surface area contributed by atoms with E-state index in [1.54, 1.807) is 37.3 Å². The summed E-state index contributed by atoms with van der Waals surface area (Å²) in [6, 6.07) is 10.3. The van der Waals surface area contributed by atoms with Gasteiger partial charge in [-0.2, -0.15) is 0 Å². The zero-order valence-electron chi connectivity index (χ0n) is 67.0. The number of phenolic OH excluding ortho intramolecular Hbond substituents is 3. The molecule has 0 radical (unpaired) electrons. The number of rotatable bonds is 17. The molecule has 4 saturated heterocycles. The van der Waals surface area contributed by atoms with Gasteiger partial charge in [-0.25, -0.2) is 4.79 Å². The number of carbonyl (C=O) groups excluding carboxylic acids is 6. The zero-order valence-corrected chi connectivity index (χ0v) is 68.5. The van der Waals surface area contributed by atoms with Crippen molar-refractivity contribution < 1.29 is 152 Å². The molecule has 16 rings (SSSR count). The number of carbonyl (C=O) groups is 7. The number of fused-ring (bicyclic) bond motifs is 15. The lowest BCUT2D eigenvalue weighted by atomic mass is 9.89. The SMILES string of the molecule is CO[C@@H]1[C@@H](N)C[C@H](OC2c3ccc(c(Cl)c3)Oc3cc4cc(c3O[C@H]3O[C@H](CO)[C@@H](O)[C@H](O)[C@H]3O[C@H]3C[C@H](N)[C@@H](O)[C@@H](C)O3)Oc3ccc(cc3)C(O)C(NC(=O)C(N)c3ccc(O)c(Cl)c3)C(=O)NC(Cc3ccccc3)C(=O)NC4C(=O)NC3C(=O)NC2C(=O)NC(C(=O)O)c2cc(O)cc(O[C@H]4O[C@@H](CO)[C@@H](O)[C@H](O)[C@@H]4O)c2-c2cc3ccc2O)O[C@@H]1C. The number of hydrogen-bond donors (Lipinski definition) is 22. The van der Waals surface area contributed by atoms with Crippen molar-refractivity contribution in [2.75, 3.05) is 20.3 Å². The van der Waals surface area contributed by atoms with Crippen LogP contribution in [-0.4, -0.2) is 257 Å². The van der Waals surface area contributed by atoms with Crippen molar-refractivity contribution >= 4 is 64.6 Å². The second kappa shape index (κ2) is 38.4. The number of aliphatic hydroxyl groups is 9. The van der Waals surface area contributed by atoms with Gasteiger partial charge >= 0.3 is 5.97 Å². The number of amides is 6. The lowest BCUT2D eigenvalue weighted by Crippen LogP contribution is -2.62. The molecule has 42 heteroatoms. The highest BCUT2D eigenvalue weighted by Gasteiger charge is 2.52. The highest BCUT2D eigenvalue weighted by molar-refractivity contribution is 6.32. The summed E-state index contributed by atoms with van der Waals surface area (Å²) in [6.07, 6.45) is -31.4. The third-order valence-electron chi connectivity index (χ3n) is 22.8. The molecular formula is C84H93Cl2N9O31. The third kappa shape index (κ3) is 19.3. The summed E-state index contributed by atoms with van der Waals surface area (Å²) in [7, 11) is 1.38. The van der Waals surface area contributed by atoms with Crippen LogP contribution in [0.4, 0.5) is 0 Å². The van der Waals surface area contributed by atoms with Crippen molar-refractivity contribution in [3.8, 4) is 62.9 Å². The number of nitrogens with two attached hydrogens (primary N) is 3. The van der Waals surface area contributed by atoms with Gasteiger partial charge in [0.1, 0.15) is 126 Å². The smallest absolute Gasteiger partial charge is 0.330 e. The third-order valence-corrected chi connectivity index (χ3v) is 23.4. The largest absolute Gasteiger partial charge is 0.508 e. The van der Waals surface area contributed by atoms with Gasteiger partial charge in [0.15, 0.2) is 36.2 Å². The summed E-state index contributed by atoms with van der Waals surface area (Å²) in [5.74, 6) is -14.9. The maximum Gasteiger partial charge on any atom is 0.330 e. The molecule has 0 aliphatic carbocycles. The lowest BCUT2D eigenvalue weighted by Gasteiger charge is -2.44. The monoisotopic (exact) mass is 1790 g/mol. The molecule has 9 aliphatic rings. The van der Waals surface area contributed by atoms with Crippen molar-refractivity contribution in [1.29, 1.82) is 0 Å². The Bertz CT molecular complexity index is 5180. The first-order valence-corrected chi connectivity index (χ1v) is 40.6. The number of methoxy groups -OCH3 is 1. The van der Waals surface area contributed by atoms with Crippen molar-refractivity contribution in [2.24, 2.45) is 17.2 Å². The number of nitrogens with one attached hydrogen (secondary N) is 6. The molecular weight excluding hydrogens is 1700 g/mol. The number of carboxylic acids is 1. The number of halogens is 2. The number of ether oxygens (including phenoxy) is 11. The number of hydrogen-bond acceptors (Lipinski definition) is 33. The van der Waals surface area contributed by atoms with E-state index in [0.29, 0.717) is 5.56 Å². The van der Waals surface area contributed by atoms with Crippen molar-refractivity contribution in [1.82, 2.24) is 31.9 Å². The van der Waals surface area contributed by atoms with Crippen LogP contribution in [0.5, 0.6) is 51.7 Å². The molecule has 9 aliphatic heterocycles. The summed E-state index contributed by atoms with van der Waals surface area (Å²) in [5.41, 5.74) is 17.0. The minimum Gasteiger partial charge on any atom is -0.508 e. The van der Waals surface area contributed by atoms with Crippen LogP contribution in [0.1, 0.15) is 102 Å². The van der Waals surface area contributed by atoms with Gasteiger partial charge in [-0.3, -0.25) is 28.8 Å². The molecule has 126 heavy (non-hydrogen) atoms. The Morgan fingerprint density at radius 2 is 1.19 bits per heavy atom. The molecule has 4 fully saturated rings. The van der Waals surface area contributed by atoms with Gasteiger partial charge < -0.3 is 168 Å². The van der Waals surface area contributed by atoms with Crippen LogP contribution < -0.4 is 68.0 Å². The van der Waals surface area contributed by atoms with E-state index in [1.165, 1.54) is 68.6 Å². The number of carboxylic acid groups (broad SMARTS) is 1. The van der Waals surface area contributed by atoms with Crippen LogP contribution in [0.25, 0.3) is 11.1 Å². The molecule has 11 bridgehead atoms. The predicted molar refractivity (Wildman–Crippen MR) is 433 cm³/mol. The van der Waals surface area contributed by atoms with Gasteiger partial charge in [-0.05, 0) is 114 Å². The highest BCUT2D eigenvalue weighted by Crippen LogP contribution is 2.50. The molecule has 0 spiro atoms. The van der Waals surface area contributed by atoms with Crippen LogP contribution in [-0.2, 0) is 73.1 Å². The molecule has 0 saturated carbocycles. The first kappa shape index (κ1) is 91.5. The fourth-order valence-electron chi connectivity index (χ4n) is 16.0. The van der Waals surface area contributed by atoms with E-state index in [1.807, 2.05) is 0 Å². The van der Waals surface area contributed by atoms with E-state index in [2.05, 4.69) is 31.9 Å². The normalized spacial score (nSPS) is 32.1. The lowest BCUT2D eigenvalue weighted by molar-refractivity contribution is -0.330. The van der Waals surface area contributed by atoms with E-state index in [-0.39, 0.29) is 51.8 Å². The molecule has 9 heterocycles. The summed E-state index contributed by atoms with van der Waals surface area (Å²) < 4.78 is 69.9. The fraction of sp³-hybridized carbons (Fsp3) is 0.417. The summed E-state index contributed by atoms with van der Waals surface area (Å²) in [4.78, 5) is 110. The molecule has 27 atom stereocenters. The van der Waals surface area contributed by atoms with Crippen molar-refractivity contribution in [3.63, 3.8) is 0 Å². The second-order valence-electron chi connectivity index (χ2n) is 31.3. The van der Waals surface area contributed by atoms with Crippen LogP contribution in [0, 0.1) is 0 Å². The van der Waals surface area contributed by atoms with E-state index >= 15 is 24.0 Å². The van der Waals surface area contributed by atoms with E-state index < -0.39 is 293 Å². The van der Waals surface area contributed by atoms with Crippen LogP contribution >= 0.6 is 23.2 Å². The van der Waals surface area contributed by atoms with E-state index in [4.69, 9.17) is 92.5 Å². The van der Waals surface area contributed by atoms with Gasteiger partial charge in [0.25, 0.3) is 0 Å². The second-order valence-corrected chi connectivity index (χ2v) is 32.2. The summed E-state index contributed by atoms with van der Waals surface area (Å²) in [6.45, 7) is 1.11. The molecule has 7 aromatic rings. The van der Waals surface area contributed by atoms with Crippen LogP contribution in [0.3, 0.4) is 0 Å². The van der Waals surface area contributed by atoms with Gasteiger partial charge in [0.2, 0.25) is 53.8 Å². The number of benzene rings is 7. The maximum absolute atomic E-state index is 16.9.